The molecule has 0 bridgehead atoms. The Kier molecular flexibility index (Phi) is 9.96. The molecule has 0 radical (unpaired) electrons. The topological polar surface area (TPSA) is 69.4 Å². The summed E-state index contributed by atoms with van der Waals surface area (Å²) in [6.45, 7) is 16.9. The standard InChI is InChI=1S/C36H41ClF3N7O2/c1-22(44(5)24(3)26-16-36(39,40)17-26)21-49-35-42-30-20-45(31-11-7-9-25-8-6-10-29(37)32(25)31)13-12-28(30)33(43-35)46-14-15-47(34(48)23(2)38)27(19-46)18-41-4/h6-11,22,24,26-27H,2,12-21H2,1,3,5H3/t22-,24-,27+/m1/s1. The van der Waals surface area contributed by atoms with Crippen molar-refractivity contribution in [1.29, 1.82) is 0 Å². The van der Waals surface area contributed by atoms with Crippen LogP contribution in [0.4, 0.5) is 24.7 Å². The number of halogens is 4. The number of likely N-dealkylation sites (N-methyl/N-ethyl adjacent to an activating group) is 1. The van der Waals surface area contributed by atoms with Crippen LogP contribution >= 0.6 is 11.6 Å². The van der Waals surface area contributed by atoms with Crippen LogP contribution in [0.3, 0.4) is 0 Å². The number of rotatable bonds is 10. The smallest absolute Gasteiger partial charge is 0.318 e. The van der Waals surface area contributed by atoms with Crippen LogP contribution in [-0.4, -0.2) is 96.1 Å². The Labute approximate surface area is 290 Å². The lowest BCUT2D eigenvalue weighted by Gasteiger charge is -2.43. The van der Waals surface area contributed by atoms with Gasteiger partial charge < -0.3 is 24.3 Å². The lowest BCUT2D eigenvalue weighted by atomic mass is 9.76. The molecule has 1 amide bonds. The van der Waals surface area contributed by atoms with Gasteiger partial charge in [0.15, 0.2) is 5.83 Å². The van der Waals surface area contributed by atoms with Crippen molar-refractivity contribution in [2.75, 3.05) is 56.2 Å². The second-order valence-electron chi connectivity index (χ2n) is 13.5. The molecule has 6 rings (SSSR count). The van der Waals surface area contributed by atoms with Crippen molar-refractivity contribution in [2.24, 2.45) is 5.92 Å². The molecule has 260 valence electrons. The van der Waals surface area contributed by atoms with Crippen molar-refractivity contribution < 1.29 is 22.7 Å². The van der Waals surface area contributed by atoms with Crippen LogP contribution in [0.5, 0.6) is 6.01 Å². The lowest BCUT2D eigenvalue weighted by Crippen LogP contribution is -2.57. The number of hydrogen-bond donors (Lipinski definition) is 0. The van der Waals surface area contributed by atoms with Crippen molar-refractivity contribution in [3.8, 4) is 6.01 Å². The van der Waals surface area contributed by atoms with E-state index in [0.29, 0.717) is 36.9 Å². The van der Waals surface area contributed by atoms with Crippen LogP contribution in [-0.2, 0) is 17.8 Å². The Morgan fingerprint density at radius 3 is 2.59 bits per heavy atom. The number of alkyl halides is 2. The van der Waals surface area contributed by atoms with Crippen molar-refractivity contribution in [3.63, 3.8) is 0 Å². The molecule has 1 saturated heterocycles. The third-order valence-corrected chi connectivity index (χ3v) is 10.7. The van der Waals surface area contributed by atoms with Crippen molar-refractivity contribution in [1.82, 2.24) is 19.8 Å². The van der Waals surface area contributed by atoms with E-state index < -0.39 is 23.7 Å². The molecule has 0 spiro atoms. The summed E-state index contributed by atoms with van der Waals surface area (Å²) in [7, 11) is 1.92. The number of amides is 1. The molecule has 2 aromatic carbocycles. The van der Waals surface area contributed by atoms with Gasteiger partial charge in [-0.05, 0) is 50.8 Å². The highest BCUT2D eigenvalue weighted by atomic mass is 35.5. The molecular formula is C36H41ClF3N7O2. The number of carbonyl (C=O) groups excluding carboxylic acids is 1. The molecule has 2 aliphatic heterocycles. The minimum atomic E-state index is -2.58. The van der Waals surface area contributed by atoms with Crippen LogP contribution in [0.1, 0.15) is 37.9 Å². The van der Waals surface area contributed by atoms with E-state index in [1.807, 2.05) is 56.1 Å². The molecule has 9 nitrogen and oxygen atoms in total. The number of aromatic nitrogens is 2. The maximum Gasteiger partial charge on any atom is 0.318 e. The third kappa shape index (κ3) is 7.15. The molecule has 1 aromatic heterocycles. The Morgan fingerprint density at radius 1 is 1.16 bits per heavy atom. The van der Waals surface area contributed by atoms with E-state index in [-0.39, 0.29) is 63.1 Å². The van der Waals surface area contributed by atoms with Gasteiger partial charge in [-0.1, -0.05) is 42.4 Å². The molecule has 0 unspecified atom stereocenters. The minimum absolute atomic E-state index is 0.0106. The van der Waals surface area contributed by atoms with E-state index in [2.05, 4.69) is 27.3 Å². The lowest BCUT2D eigenvalue weighted by molar-refractivity contribution is -0.131. The molecule has 1 aliphatic carbocycles. The zero-order valence-electron chi connectivity index (χ0n) is 28.0. The highest BCUT2D eigenvalue weighted by Gasteiger charge is 2.48. The molecular weight excluding hydrogens is 655 g/mol. The Bertz CT molecular complexity index is 1770. The molecule has 3 atom stereocenters. The summed E-state index contributed by atoms with van der Waals surface area (Å²) >= 11 is 6.69. The first-order chi connectivity index (χ1) is 23.4. The predicted octanol–water partition coefficient (Wildman–Crippen LogP) is 6.40. The summed E-state index contributed by atoms with van der Waals surface area (Å²) < 4.78 is 47.3. The van der Waals surface area contributed by atoms with Gasteiger partial charge in [-0.2, -0.15) is 9.97 Å². The van der Waals surface area contributed by atoms with Gasteiger partial charge in [0.2, 0.25) is 12.5 Å². The number of nitrogens with zero attached hydrogens (tertiary/aromatic N) is 7. The van der Waals surface area contributed by atoms with Gasteiger partial charge in [0.05, 0.1) is 17.3 Å². The van der Waals surface area contributed by atoms with E-state index in [9.17, 15) is 18.0 Å². The number of piperazine rings is 1. The molecule has 49 heavy (non-hydrogen) atoms. The van der Waals surface area contributed by atoms with Crippen molar-refractivity contribution in [2.45, 2.75) is 63.7 Å². The fourth-order valence-corrected chi connectivity index (χ4v) is 7.57. The maximum atomic E-state index is 13.9. The van der Waals surface area contributed by atoms with Crippen LogP contribution in [0.15, 0.2) is 48.8 Å². The Morgan fingerprint density at radius 2 is 1.90 bits per heavy atom. The number of carbonyl (C=O) groups is 1. The Hall–Kier alpha value is -4.08. The van der Waals surface area contributed by atoms with Gasteiger partial charge in [0.25, 0.3) is 5.91 Å². The van der Waals surface area contributed by atoms with Crippen LogP contribution in [0.2, 0.25) is 5.02 Å². The van der Waals surface area contributed by atoms with E-state index in [1.165, 1.54) is 4.90 Å². The molecule has 1 saturated carbocycles. The highest BCUT2D eigenvalue weighted by molar-refractivity contribution is 6.36. The van der Waals surface area contributed by atoms with Gasteiger partial charge in [0, 0.05) is 67.7 Å². The fraction of sp³-hybridized carbons (Fsp3) is 0.500. The van der Waals surface area contributed by atoms with Gasteiger partial charge in [-0.3, -0.25) is 9.69 Å². The number of ether oxygens (including phenoxy) is 1. The van der Waals surface area contributed by atoms with Crippen LogP contribution in [0, 0.1) is 12.5 Å². The van der Waals surface area contributed by atoms with E-state index >= 15 is 0 Å². The monoisotopic (exact) mass is 695 g/mol. The second-order valence-corrected chi connectivity index (χ2v) is 13.9. The molecule has 13 heteroatoms. The third-order valence-electron chi connectivity index (χ3n) is 10.4. The summed E-state index contributed by atoms with van der Waals surface area (Å²) in [4.78, 5) is 33.6. The quantitative estimate of drug-likeness (QED) is 0.180. The molecule has 2 fully saturated rings. The molecule has 0 N–H and O–H groups in total. The number of anilines is 2. The summed E-state index contributed by atoms with van der Waals surface area (Å²) in [5.41, 5.74) is 2.74. The maximum absolute atomic E-state index is 13.9. The van der Waals surface area contributed by atoms with E-state index in [0.717, 1.165) is 27.7 Å². The second kappa shape index (κ2) is 14.0. The van der Waals surface area contributed by atoms with Gasteiger partial charge in [-0.15, -0.1) is 0 Å². The van der Waals surface area contributed by atoms with Crippen molar-refractivity contribution in [3.05, 3.63) is 76.5 Å². The summed E-state index contributed by atoms with van der Waals surface area (Å²) in [6.07, 6.45) is 0.422. The number of fused-ring (bicyclic) bond motifs is 2. The SMILES string of the molecule is [C-]#[N+]C[C@H]1CN(c2nc(OC[C@@H](C)N(C)[C@H](C)C3CC(F)(F)C3)nc3c2CCN(c2cccc4cccc(Cl)c24)C3)CCN1C(=O)C(=C)F. The summed E-state index contributed by atoms with van der Waals surface area (Å²) in [6, 6.07) is 11.4. The minimum Gasteiger partial charge on any atom is -0.462 e. The van der Waals surface area contributed by atoms with E-state index in [1.54, 1.807) is 0 Å². The molecule has 3 aromatic rings. The van der Waals surface area contributed by atoms with Gasteiger partial charge in [-0.25, -0.2) is 19.7 Å². The molecule has 3 heterocycles. The fourth-order valence-electron chi connectivity index (χ4n) is 7.29. The first-order valence-corrected chi connectivity index (χ1v) is 17.0. The zero-order chi connectivity index (χ0) is 35.0. The summed E-state index contributed by atoms with van der Waals surface area (Å²) in [5, 5.41) is 2.67. The predicted molar refractivity (Wildman–Crippen MR) is 185 cm³/mol. The zero-order valence-corrected chi connectivity index (χ0v) is 28.8. The van der Waals surface area contributed by atoms with Crippen LogP contribution < -0.4 is 14.5 Å². The first kappa shape index (κ1) is 34.8. The van der Waals surface area contributed by atoms with E-state index in [4.69, 9.17) is 32.9 Å². The largest absolute Gasteiger partial charge is 0.462 e. The normalized spacial score (nSPS) is 20.4. The average molecular weight is 696 g/mol. The molecule has 3 aliphatic rings. The average Bonchev–Trinajstić information content (AvgIpc) is 3.07. The highest BCUT2D eigenvalue weighted by Crippen LogP contribution is 2.45. The summed E-state index contributed by atoms with van der Waals surface area (Å²) in [5.74, 6) is -3.84. The number of hydrogen-bond acceptors (Lipinski definition) is 7. The first-order valence-electron chi connectivity index (χ1n) is 16.6. The van der Waals surface area contributed by atoms with Gasteiger partial charge in [0.1, 0.15) is 18.5 Å². The van der Waals surface area contributed by atoms with Gasteiger partial charge >= 0.3 is 6.01 Å². The number of benzene rings is 2. The van der Waals surface area contributed by atoms with Crippen molar-refractivity contribution >= 4 is 39.8 Å². The van der Waals surface area contributed by atoms with Crippen LogP contribution in [0.25, 0.3) is 15.6 Å². The Balaban J connectivity index is 1.29.